The lowest BCUT2D eigenvalue weighted by Gasteiger charge is -2.10. The van der Waals surface area contributed by atoms with Gasteiger partial charge in [-0.25, -0.2) is 4.98 Å². The molecular weight excluding hydrogens is 352 g/mol. The van der Waals surface area contributed by atoms with Crippen molar-refractivity contribution in [3.8, 4) is 5.75 Å². The largest absolute Gasteiger partial charge is 0.550 e. The summed E-state index contributed by atoms with van der Waals surface area (Å²) in [6.45, 7) is 2.59. The van der Waals surface area contributed by atoms with Gasteiger partial charge in [-0.3, -0.25) is 4.79 Å². The summed E-state index contributed by atoms with van der Waals surface area (Å²) in [5.74, 6) is -0.660. The summed E-state index contributed by atoms with van der Waals surface area (Å²) in [5, 5.41) is 16.0. The summed E-state index contributed by atoms with van der Waals surface area (Å²) < 4.78 is 5.58. The summed E-state index contributed by atoms with van der Waals surface area (Å²) in [5.41, 5.74) is 1.33. The van der Waals surface area contributed by atoms with Gasteiger partial charge >= 0.3 is 0 Å². The second-order valence-corrected chi connectivity index (χ2v) is 6.45. The molecule has 8 heteroatoms. The van der Waals surface area contributed by atoms with Crippen LogP contribution in [-0.2, 0) is 22.4 Å². The van der Waals surface area contributed by atoms with E-state index < -0.39 is 5.97 Å². The standard InChI is InChI=1S/C16H17ClN2O4S/c1-10-6-11(17)2-3-13(10)23-5-4-18-14(20)8-15-19-12(9-24-15)7-16(21)22/h2-3,6,9H,4-5,7-8H2,1H3,(H,18,20)(H,21,22)/p-1. The van der Waals surface area contributed by atoms with Gasteiger partial charge in [0, 0.05) is 22.8 Å². The molecular formula is C16H16ClN2O4S-. The van der Waals surface area contributed by atoms with Crippen molar-refractivity contribution in [2.24, 2.45) is 0 Å². The third kappa shape index (κ3) is 5.82. The summed E-state index contributed by atoms with van der Waals surface area (Å²) in [6.07, 6.45) is -0.135. The topological polar surface area (TPSA) is 91.3 Å². The van der Waals surface area contributed by atoms with Crippen LogP contribution in [0.1, 0.15) is 16.3 Å². The predicted molar refractivity (Wildman–Crippen MR) is 89.2 cm³/mol. The van der Waals surface area contributed by atoms with Crippen LogP contribution >= 0.6 is 22.9 Å². The van der Waals surface area contributed by atoms with Crippen LogP contribution in [0.4, 0.5) is 0 Å². The van der Waals surface area contributed by atoms with Gasteiger partial charge in [-0.2, -0.15) is 0 Å². The Morgan fingerprint density at radius 2 is 2.17 bits per heavy atom. The predicted octanol–water partition coefficient (Wildman–Crippen LogP) is 1.14. The first kappa shape index (κ1) is 18.2. The highest BCUT2D eigenvalue weighted by Crippen LogP contribution is 2.21. The zero-order valence-electron chi connectivity index (χ0n) is 13.0. The number of halogens is 1. The second kappa shape index (κ2) is 8.65. The van der Waals surface area contributed by atoms with E-state index in [1.54, 1.807) is 17.5 Å². The van der Waals surface area contributed by atoms with Crippen molar-refractivity contribution < 1.29 is 19.4 Å². The van der Waals surface area contributed by atoms with Gasteiger partial charge in [-0.05, 0) is 30.7 Å². The zero-order valence-corrected chi connectivity index (χ0v) is 14.6. The lowest BCUT2D eigenvalue weighted by atomic mass is 10.2. The number of carboxylic acid groups (broad SMARTS) is 1. The average Bonchev–Trinajstić information content (AvgIpc) is 2.91. The van der Waals surface area contributed by atoms with Crippen LogP contribution < -0.4 is 15.2 Å². The maximum Gasteiger partial charge on any atom is 0.226 e. The fourth-order valence-corrected chi connectivity index (χ4v) is 3.00. The fourth-order valence-electron chi connectivity index (χ4n) is 1.99. The number of amides is 1. The number of aromatic nitrogens is 1. The maximum absolute atomic E-state index is 11.8. The van der Waals surface area contributed by atoms with Crippen LogP contribution in [0, 0.1) is 6.92 Å². The number of carbonyl (C=O) groups is 2. The van der Waals surface area contributed by atoms with E-state index in [9.17, 15) is 14.7 Å². The average molecular weight is 368 g/mol. The van der Waals surface area contributed by atoms with Crippen LogP contribution in [0.5, 0.6) is 5.75 Å². The maximum atomic E-state index is 11.8. The minimum atomic E-state index is -1.19. The van der Waals surface area contributed by atoms with Crippen molar-refractivity contribution in [3.05, 3.63) is 44.9 Å². The van der Waals surface area contributed by atoms with E-state index in [0.29, 0.717) is 28.9 Å². The van der Waals surface area contributed by atoms with Crippen LogP contribution in [0.15, 0.2) is 23.6 Å². The molecule has 0 saturated carbocycles. The summed E-state index contributed by atoms with van der Waals surface area (Å²) in [7, 11) is 0. The molecule has 0 radical (unpaired) electrons. The van der Waals surface area contributed by atoms with Crippen LogP contribution in [-0.4, -0.2) is 30.0 Å². The van der Waals surface area contributed by atoms with E-state index in [1.165, 1.54) is 11.3 Å². The number of thiazole rings is 1. The van der Waals surface area contributed by atoms with Crippen LogP contribution in [0.25, 0.3) is 0 Å². The molecule has 0 saturated heterocycles. The normalized spacial score (nSPS) is 10.4. The summed E-state index contributed by atoms with van der Waals surface area (Å²) in [6, 6.07) is 5.34. The highest BCUT2D eigenvalue weighted by atomic mass is 35.5. The Bertz CT molecular complexity index is 733. The van der Waals surface area contributed by atoms with E-state index in [2.05, 4.69) is 10.3 Å². The van der Waals surface area contributed by atoms with Crippen molar-refractivity contribution in [1.29, 1.82) is 0 Å². The van der Waals surface area contributed by atoms with Gasteiger partial charge in [-0.1, -0.05) is 11.6 Å². The number of hydrogen-bond acceptors (Lipinski definition) is 6. The number of nitrogens with zero attached hydrogens (tertiary/aromatic N) is 1. The quantitative estimate of drug-likeness (QED) is 0.706. The molecule has 6 nitrogen and oxygen atoms in total. The third-order valence-electron chi connectivity index (χ3n) is 3.06. The van der Waals surface area contributed by atoms with Crippen molar-refractivity contribution in [2.45, 2.75) is 19.8 Å². The zero-order chi connectivity index (χ0) is 17.5. The molecule has 1 heterocycles. The van der Waals surface area contributed by atoms with E-state index in [4.69, 9.17) is 16.3 Å². The molecule has 128 valence electrons. The van der Waals surface area contributed by atoms with E-state index >= 15 is 0 Å². The van der Waals surface area contributed by atoms with Crippen molar-refractivity contribution in [1.82, 2.24) is 10.3 Å². The van der Waals surface area contributed by atoms with E-state index in [0.717, 1.165) is 11.3 Å². The number of carbonyl (C=O) groups excluding carboxylic acids is 2. The minimum absolute atomic E-state index is 0.109. The number of aliphatic carboxylic acids is 1. The Kier molecular flexibility index (Phi) is 6.57. The molecule has 0 aliphatic heterocycles. The Balaban J connectivity index is 1.71. The lowest BCUT2D eigenvalue weighted by molar-refractivity contribution is -0.304. The SMILES string of the molecule is Cc1cc(Cl)ccc1OCCNC(=O)Cc1nc(CC(=O)[O-])cs1. The summed E-state index contributed by atoms with van der Waals surface area (Å²) >= 11 is 7.13. The molecule has 2 rings (SSSR count). The number of rotatable bonds is 8. The Labute approximate surface area is 148 Å². The number of aryl methyl sites for hydroxylation is 1. The van der Waals surface area contributed by atoms with Crippen molar-refractivity contribution in [2.75, 3.05) is 13.2 Å². The number of hydrogen-bond donors (Lipinski definition) is 1. The molecule has 0 aliphatic rings. The first-order valence-electron chi connectivity index (χ1n) is 7.23. The van der Waals surface area contributed by atoms with E-state index in [1.807, 2.05) is 13.0 Å². The van der Waals surface area contributed by atoms with Gasteiger partial charge in [0.15, 0.2) is 0 Å². The fraction of sp³-hybridized carbons (Fsp3) is 0.312. The first-order chi connectivity index (χ1) is 11.4. The summed E-state index contributed by atoms with van der Waals surface area (Å²) in [4.78, 5) is 26.4. The molecule has 0 spiro atoms. The number of ether oxygens (including phenoxy) is 1. The third-order valence-corrected chi connectivity index (χ3v) is 4.19. The molecule has 24 heavy (non-hydrogen) atoms. The Morgan fingerprint density at radius 3 is 2.88 bits per heavy atom. The van der Waals surface area contributed by atoms with Crippen LogP contribution in [0.2, 0.25) is 5.02 Å². The van der Waals surface area contributed by atoms with Gasteiger partial charge in [0.1, 0.15) is 17.4 Å². The molecule has 1 amide bonds. The van der Waals surface area contributed by atoms with Gasteiger partial charge in [0.05, 0.1) is 18.7 Å². The van der Waals surface area contributed by atoms with Gasteiger partial charge in [0.25, 0.3) is 0 Å². The van der Waals surface area contributed by atoms with Gasteiger partial charge in [0.2, 0.25) is 5.91 Å². The number of benzene rings is 1. The lowest BCUT2D eigenvalue weighted by Crippen LogP contribution is -2.29. The Hall–Kier alpha value is -2.12. The highest BCUT2D eigenvalue weighted by molar-refractivity contribution is 7.09. The molecule has 1 aromatic heterocycles. The van der Waals surface area contributed by atoms with Crippen LogP contribution in [0.3, 0.4) is 0 Å². The van der Waals surface area contributed by atoms with Crippen molar-refractivity contribution >= 4 is 34.8 Å². The molecule has 0 fully saturated rings. The molecule has 2 aromatic rings. The minimum Gasteiger partial charge on any atom is -0.550 e. The second-order valence-electron chi connectivity index (χ2n) is 5.07. The highest BCUT2D eigenvalue weighted by Gasteiger charge is 2.08. The molecule has 0 atom stereocenters. The Morgan fingerprint density at radius 1 is 1.38 bits per heavy atom. The molecule has 1 N–H and O–H groups in total. The molecule has 0 aliphatic carbocycles. The first-order valence-corrected chi connectivity index (χ1v) is 8.48. The van der Waals surface area contributed by atoms with Crippen molar-refractivity contribution in [3.63, 3.8) is 0 Å². The monoisotopic (exact) mass is 367 g/mol. The molecule has 0 unspecified atom stereocenters. The molecule has 1 aromatic carbocycles. The van der Waals surface area contributed by atoms with Gasteiger partial charge in [-0.15, -0.1) is 11.3 Å². The van der Waals surface area contributed by atoms with Gasteiger partial charge < -0.3 is 20.0 Å². The molecule has 0 bridgehead atoms. The van der Waals surface area contributed by atoms with E-state index in [-0.39, 0.29) is 18.7 Å². The smallest absolute Gasteiger partial charge is 0.226 e. The number of nitrogens with one attached hydrogen (secondary N) is 1. The number of carboxylic acids is 1.